The van der Waals surface area contributed by atoms with E-state index in [1.807, 2.05) is 0 Å². The molecule has 0 spiro atoms. The fourth-order valence-corrected chi connectivity index (χ4v) is 1.88. The minimum atomic E-state index is -0.585. The fraction of sp³-hybridized carbons (Fsp3) is 0.100. The molecule has 1 aromatic heterocycles. The van der Waals surface area contributed by atoms with Crippen LogP contribution in [0.4, 0.5) is 21.6 Å². The third-order valence-electron chi connectivity index (χ3n) is 2.24. The summed E-state index contributed by atoms with van der Waals surface area (Å²) in [4.78, 5) is 11.9. The maximum absolute atomic E-state index is 13.2. The molecule has 0 aliphatic rings. The van der Waals surface area contributed by atoms with E-state index in [2.05, 4.69) is 19.4 Å². The molecule has 94 valence electrons. The van der Waals surface area contributed by atoms with Crippen LogP contribution in [0.5, 0.6) is 0 Å². The number of hydrogen-bond acceptors (Lipinski definition) is 6. The van der Waals surface area contributed by atoms with E-state index in [4.69, 9.17) is 5.73 Å². The first-order chi connectivity index (χ1) is 8.63. The Labute approximate surface area is 106 Å². The number of carbonyl (C=O) groups is 1. The van der Waals surface area contributed by atoms with E-state index in [0.717, 1.165) is 11.7 Å². The summed E-state index contributed by atoms with van der Waals surface area (Å²) < 4.78 is 21.0. The smallest absolute Gasteiger partial charge is 0.279 e. The first-order valence-corrected chi connectivity index (χ1v) is 5.72. The highest BCUT2D eigenvalue weighted by Crippen LogP contribution is 2.22. The third-order valence-corrected chi connectivity index (χ3v) is 2.77. The zero-order valence-corrected chi connectivity index (χ0v) is 10.2. The minimum absolute atomic E-state index is 0.111. The quantitative estimate of drug-likeness (QED) is 0.734. The van der Waals surface area contributed by atoms with E-state index < -0.39 is 11.7 Å². The zero-order valence-electron chi connectivity index (χ0n) is 9.40. The molecular formula is C10H10FN5OS. The number of nitrogens with two attached hydrogens (primary N) is 1. The summed E-state index contributed by atoms with van der Waals surface area (Å²) in [6.07, 6.45) is 0. The van der Waals surface area contributed by atoms with Crippen molar-refractivity contribution in [3.63, 3.8) is 0 Å². The molecule has 4 N–H and O–H groups in total. The molecule has 18 heavy (non-hydrogen) atoms. The van der Waals surface area contributed by atoms with E-state index in [1.165, 1.54) is 18.2 Å². The van der Waals surface area contributed by atoms with Gasteiger partial charge in [0.1, 0.15) is 5.82 Å². The molecule has 0 saturated carbocycles. The van der Waals surface area contributed by atoms with Crippen LogP contribution in [-0.2, 0) is 0 Å². The van der Waals surface area contributed by atoms with Crippen LogP contribution < -0.4 is 16.4 Å². The highest BCUT2D eigenvalue weighted by molar-refractivity contribution is 6.99. The molecule has 0 saturated heterocycles. The lowest BCUT2D eigenvalue weighted by Crippen LogP contribution is -2.15. The van der Waals surface area contributed by atoms with Crippen LogP contribution >= 0.6 is 11.7 Å². The lowest BCUT2D eigenvalue weighted by Gasteiger charge is -2.07. The van der Waals surface area contributed by atoms with Crippen molar-refractivity contribution in [2.24, 2.45) is 0 Å². The standard InChI is InChI=1S/C10H10FN5OS/c1-13-9-8(15-18-16-9)10(17)14-6-4-2-3-5(11)7(6)12/h2-4H,12H2,1H3,(H,13,16)(H,14,17). The van der Waals surface area contributed by atoms with Crippen molar-refractivity contribution in [1.82, 2.24) is 8.75 Å². The fourth-order valence-electron chi connectivity index (χ4n) is 1.33. The molecule has 6 nitrogen and oxygen atoms in total. The minimum Gasteiger partial charge on any atom is -0.395 e. The maximum Gasteiger partial charge on any atom is 0.279 e. The second-order valence-electron chi connectivity index (χ2n) is 3.37. The first-order valence-electron chi connectivity index (χ1n) is 4.99. The number of nitrogens with zero attached hydrogens (tertiary/aromatic N) is 2. The van der Waals surface area contributed by atoms with Crippen LogP contribution in [0.2, 0.25) is 0 Å². The van der Waals surface area contributed by atoms with E-state index in [-0.39, 0.29) is 17.1 Å². The number of nitrogens with one attached hydrogen (secondary N) is 2. The largest absolute Gasteiger partial charge is 0.395 e. The summed E-state index contributed by atoms with van der Waals surface area (Å²) in [5.74, 6) is -0.712. The van der Waals surface area contributed by atoms with Crippen molar-refractivity contribution in [3.05, 3.63) is 29.7 Å². The van der Waals surface area contributed by atoms with Crippen molar-refractivity contribution in [2.45, 2.75) is 0 Å². The Kier molecular flexibility index (Phi) is 3.38. The van der Waals surface area contributed by atoms with Gasteiger partial charge in [-0.1, -0.05) is 6.07 Å². The monoisotopic (exact) mass is 267 g/mol. The van der Waals surface area contributed by atoms with Gasteiger partial charge in [-0.2, -0.15) is 8.75 Å². The van der Waals surface area contributed by atoms with E-state index >= 15 is 0 Å². The van der Waals surface area contributed by atoms with E-state index in [1.54, 1.807) is 7.05 Å². The first kappa shape index (κ1) is 12.2. The lowest BCUT2D eigenvalue weighted by atomic mass is 10.2. The van der Waals surface area contributed by atoms with Crippen LogP contribution in [-0.4, -0.2) is 21.7 Å². The molecule has 1 amide bonds. The summed E-state index contributed by atoms with van der Waals surface area (Å²) in [5.41, 5.74) is 5.75. The van der Waals surface area contributed by atoms with Gasteiger partial charge in [-0.15, -0.1) is 0 Å². The topological polar surface area (TPSA) is 92.9 Å². The van der Waals surface area contributed by atoms with Crippen molar-refractivity contribution in [1.29, 1.82) is 0 Å². The van der Waals surface area contributed by atoms with Gasteiger partial charge >= 0.3 is 0 Å². The van der Waals surface area contributed by atoms with Gasteiger partial charge in [0.05, 0.1) is 23.1 Å². The summed E-state index contributed by atoms with van der Waals surface area (Å²) in [6.45, 7) is 0. The molecule has 2 aromatic rings. The number of anilines is 3. The van der Waals surface area contributed by atoms with Gasteiger partial charge in [0.2, 0.25) is 0 Å². The Morgan fingerprint density at radius 2 is 2.22 bits per heavy atom. The van der Waals surface area contributed by atoms with Gasteiger partial charge in [-0.3, -0.25) is 4.79 Å². The molecule has 0 atom stereocenters. The number of halogens is 1. The van der Waals surface area contributed by atoms with E-state index in [9.17, 15) is 9.18 Å². The molecule has 1 aromatic carbocycles. The molecule has 8 heteroatoms. The predicted octanol–water partition coefficient (Wildman–Crippen LogP) is 1.55. The number of benzene rings is 1. The summed E-state index contributed by atoms with van der Waals surface area (Å²) in [5, 5.41) is 5.23. The Bertz CT molecular complexity index is 585. The van der Waals surface area contributed by atoms with Crippen molar-refractivity contribution in [2.75, 3.05) is 23.4 Å². The molecule has 0 unspecified atom stereocenters. The molecule has 1 heterocycles. The number of nitrogen functional groups attached to an aromatic ring is 1. The number of amides is 1. The number of hydrogen-bond donors (Lipinski definition) is 3. The average molecular weight is 267 g/mol. The number of para-hydroxylation sites is 1. The third kappa shape index (κ3) is 2.23. The zero-order chi connectivity index (χ0) is 13.1. The van der Waals surface area contributed by atoms with E-state index in [0.29, 0.717) is 5.82 Å². The lowest BCUT2D eigenvalue weighted by molar-refractivity contribution is 0.102. The summed E-state index contributed by atoms with van der Waals surface area (Å²) in [7, 11) is 1.63. The second kappa shape index (κ2) is 4.96. The predicted molar refractivity (Wildman–Crippen MR) is 68.2 cm³/mol. The maximum atomic E-state index is 13.2. The Hall–Kier alpha value is -2.22. The van der Waals surface area contributed by atoms with Gasteiger partial charge < -0.3 is 16.4 Å². The van der Waals surface area contributed by atoms with Gasteiger partial charge in [-0.25, -0.2) is 4.39 Å². The van der Waals surface area contributed by atoms with Crippen LogP contribution in [0, 0.1) is 5.82 Å². The SMILES string of the molecule is CNc1nsnc1C(=O)Nc1cccc(F)c1N. The van der Waals surface area contributed by atoms with Gasteiger partial charge in [0, 0.05) is 7.05 Å². The molecule has 0 fully saturated rings. The van der Waals surface area contributed by atoms with Gasteiger partial charge in [-0.05, 0) is 12.1 Å². The van der Waals surface area contributed by atoms with Crippen molar-refractivity contribution >= 4 is 34.8 Å². The average Bonchev–Trinajstić information content (AvgIpc) is 2.83. The Balaban J connectivity index is 2.24. The second-order valence-corrected chi connectivity index (χ2v) is 3.90. The highest BCUT2D eigenvalue weighted by atomic mass is 32.1. The van der Waals surface area contributed by atoms with Crippen LogP contribution in [0.3, 0.4) is 0 Å². The number of carbonyl (C=O) groups excluding carboxylic acids is 1. The molecule has 0 bridgehead atoms. The number of aromatic nitrogens is 2. The summed E-state index contributed by atoms with van der Waals surface area (Å²) in [6, 6.07) is 4.18. The highest BCUT2D eigenvalue weighted by Gasteiger charge is 2.17. The molecular weight excluding hydrogens is 257 g/mol. The number of rotatable bonds is 3. The Morgan fingerprint density at radius 3 is 2.94 bits per heavy atom. The molecule has 2 rings (SSSR count). The van der Waals surface area contributed by atoms with Crippen LogP contribution in [0.25, 0.3) is 0 Å². The Morgan fingerprint density at radius 1 is 1.44 bits per heavy atom. The molecule has 0 aliphatic heterocycles. The van der Waals surface area contributed by atoms with Crippen LogP contribution in [0.1, 0.15) is 10.5 Å². The van der Waals surface area contributed by atoms with Crippen molar-refractivity contribution in [3.8, 4) is 0 Å². The summed E-state index contributed by atoms with van der Waals surface area (Å²) >= 11 is 0.908. The molecule has 0 aliphatic carbocycles. The van der Waals surface area contributed by atoms with Gasteiger partial charge in [0.25, 0.3) is 5.91 Å². The van der Waals surface area contributed by atoms with Crippen molar-refractivity contribution < 1.29 is 9.18 Å². The normalized spacial score (nSPS) is 10.1. The van der Waals surface area contributed by atoms with Gasteiger partial charge in [0.15, 0.2) is 11.5 Å². The molecule has 0 radical (unpaired) electrons. The van der Waals surface area contributed by atoms with Crippen LogP contribution in [0.15, 0.2) is 18.2 Å².